The second kappa shape index (κ2) is 32.7. The van der Waals surface area contributed by atoms with Crippen LogP contribution in [0, 0.1) is 0 Å². The third kappa shape index (κ3) is 14.0. The molecule has 0 amide bonds. The van der Waals surface area contributed by atoms with Crippen LogP contribution >= 0.6 is 0 Å². The van der Waals surface area contributed by atoms with E-state index in [1.807, 2.05) is 0 Å². The first-order chi connectivity index (χ1) is 64.4. The van der Waals surface area contributed by atoms with Crippen molar-refractivity contribution in [2.24, 2.45) is 0 Å². The molecule has 0 spiro atoms. The van der Waals surface area contributed by atoms with E-state index in [2.05, 4.69) is 529 Å². The molecule has 2 aromatic heterocycles. The standard InChI is InChI=1S/C126H84N4/c1-6-28-85(29-7-1)103-75-104(86-30-8-2-9-31-86)80-113(79-103)127(111-44-26-38-99(77-111)119-83-101-36-18-20-46-115(101)125-123(119)117-48-22-24-50-121(117)129(125)107-40-12-4-13-41-107)109-70-66-94(67-71-109)93-58-56-90(57-59-93)89-52-54-91(55-53-89)92-60-62-96(63-61-92)106-76-105(87-32-10-3-11-33-87)81-114(82-106)128(110-72-68-95(69-73-110)98-65-64-88-34-16-17-35-97(88)74-98)112-45-27-39-100(78-112)120-84-102-37-19-21-47-116(102)126-124(120)118-49-23-25-51-122(118)130(126)108-42-14-5-15-43-108/h1-84H. The SMILES string of the molecule is c1ccc(-c2cc(-c3ccccc3)cc(N(c3ccc(-c4ccc(-c5ccc(-c6ccc(-c7cc(-c8ccccc8)cc(N(c8ccc(-c9ccc%10ccccc%10c9)cc8)c8cccc(-c9cc%10ccccc%10c%10c9c9ccccc9n%10-c9ccccc9)c8)c7)cc6)cc5)cc4)cc3)c3cccc(-c4cc5ccccc5c5c4c4ccccc4n5-c4ccccc4)c3)c2)cc1. The van der Waals surface area contributed by atoms with Crippen molar-refractivity contribution >= 4 is 110 Å². The quantitative estimate of drug-likeness (QED) is 0.0851. The van der Waals surface area contributed by atoms with Crippen molar-refractivity contribution in [1.82, 2.24) is 9.13 Å². The van der Waals surface area contributed by atoms with E-state index in [1.165, 1.54) is 92.6 Å². The predicted molar refractivity (Wildman–Crippen MR) is 551 cm³/mol. The fourth-order valence-corrected chi connectivity index (χ4v) is 19.9. The number of para-hydroxylation sites is 4. The van der Waals surface area contributed by atoms with Crippen LogP contribution in [0.2, 0.25) is 0 Å². The molecule has 0 radical (unpaired) electrons. The van der Waals surface area contributed by atoms with E-state index in [4.69, 9.17) is 0 Å². The highest BCUT2D eigenvalue weighted by Crippen LogP contribution is 2.50. The number of hydrogen-bond acceptors (Lipinski definition) is 2. The van der Waals surface area contributed by atoms with Gasteiger partial charge >= 0.3 is 0 Å². The Kier molecular flexibility index (Phi) is 19.3. The summed E-state index contributed by atoms with van der Waals surface area (Å²) in [5.74, 6) is 0. The van der Waals surface area contributed by atoms with Gasteiger partial charge in [-0.3, -0.25) is 0 Å². The van der Waals surface area contributed by atoms with Crippen LogP contribution in [0.15, 0.2) is 510 Å². The minimum Gasteiger partial charge on any atom is -0.310 e. The van der Waals surface area contributed by atoms with E-state index < -0.39 is 0 Å². The zero-order valence-electron chi connectivity index (χ0n) is 71.3. The van der Waals surface area contributed by atoms with Crippen molar-refractivity contribution in [1.29, 1.82) is 0 Å². The van der Waals surface area contributed by atoms with Crippen molar-refractivity contribution in [3.63, 3.8) is 0 Å². The average Bonchev–Trinajstić information content (AvgIpc) is 1.56. The molecule has 4 nitrogen and oxygen atoms in total. The fraction of sp³-hybridized carbons (Fsp3) is 0. The Hall–Kier alpha value is -17.2. The molecular weight excluding hydrogens is 1570 g/mol. The third-order valence-corrected chi connectivity index (χ3v) is 26.2. The van der Waals surface area contributed by atoms with E-state index in [0.29, 0.717) is 0 Å². The molecule has 22 aromatic carbocycles. The van der Waals surface area contributed by atoms with Gasteiger partial charge in [0.05, 0.1) is 22.1 Å². The van der Waals surface area contributed by atoms with Crippen LogP contribution in [-0.4, -0.2) is 9.13 Å². The number of fused-ring (bicyclic) bond motifs is 11. The molecule has 0 bridgehead atoms. The van der Waals surface area contributed by atoms with Crippen LogP contribution < -0.4 is 9.80 Å². The summed E-state index contributed by atoms with van der Waals surface area (Å²) in [5, 5.41) is 12.2. The second-order valence-electron chi connectivity index (χ2n) is 33.9. The molecule has 0 aliphatic heterocycles. The Bertz CT molecular complexity index is 8340. The van der Waals surface area contributed by atoms with Crippen LogP contribution in [-0.2, 0) is 0 Å². The molecule has 608 valence electrons. The summed E-state index contributed by atoms with van der Waals surface area (Å²) in [7, 11) is 0. The third-order valence-electron chi connectivity index (χ3n) is 26.2. The summed E-state index contributed by atoms with van der Waals surface area (Å²) in [6.07, 6.45) is 0. The Balaban J connectivity index is 0.556. The normalized spacial score (nSPS) is 11.5. The number of anilines is 6. The Morgan fingerprint density at radius 2 is 0.408 bits per heavy atom. The monoisotopic (exact) mass is 1650 g/mol. The van der Waals surface area contributed by atoms with Crippen LogP contribution in [0.5, 0.6) is 0 Å². The number of aromatic nitrogens is 2. The maximum atomic E-state index is 2.46. The number of hydrogen-bond donors (Lipinski definition) is 0. The Labute approximate surface area is 755 Å². The summed E-state index contributed by atoms with van der Waals surface area (Å²) >= 11 is 0. The molecular formula is C126H84N4. The average molecular weight is 1650 g/mol. The summed E-state index contributed by atoms with van der Waals surface area (Å²) in [4.78, 5) is 4.90. The highest BCUT2D eigenvalue weighted by Gasteiger charge is 2.26. The molecule has 0 fully saturated rings. The topological polar surface area (TPSA) is 16.3 Å². The predicted octanol–water partition coefficient (Wildman–Crippen LogP) is 35.0. The highest BCUT2D eigenvalue weighted by molar-refractivity contribution is 6.26. The van der Waals surface area contributed by atoms with Crippen LogP contribution in [0.3, 0.4) is 0 Å². The van der Waals surface area contributed by atoms with Gasteiger partial charge in [-0.25, -0.2) is 0 Å². The van der Waals surface area contributed by atoms with Gasteiger partial charge < -0.3 is 18.9 Å². The zero-order chi connectivity index (χ0) is 86.0. The lowest BCUT2D eigenvalue weighted by atomic mass is 9.94. The van der Waals surface area contributed by atoms with Crippen LogP contribution in [0.4, 0.5) is 34.1 Å². The van der Waals surface area contributed by atoms with Gasteiger partial charge in [-0.2, -0.15) is 0 Å². The van der Waals surface area contributed by atoms with E-state index in [0.717, 1.165) is 140 Å². The lowest BCUT2D eigenvalue weighted by molar-refractivity contribution is 1.19. The van der Waals surface area contributed by atoms with Gasteiger partial charge in [0.15, 0.2) is 0 Å². The fourth-order valence-electron chi connectivity index (χ4n) is 19.9. The van der Waals surface area contributed by atoms with Gasteiger partial charge in [0.2, 0.25) is 0 Å². The second-order valence-corrected chi connectivity index (χ2v) is 33.9. The van der Waals surface area contributed by atoms with Crippen LogP contribution in [0.1, 0.15) is 0 Å². The smallest absolute Gasteiger partial charge is 0.0625 e. The summed E-state index contributed by atoms with van der Waals surface area (Å²) in [6, 6.07) is 188. The molecule has 0 unspecified atom stereocenters. The van der Waals surface area contributed by atoms with E-state index in [-0.39, 0.29) is 0 Å². The summed E-state index contributed by atoms with van der Waals surface area (Å²) in [6.45, 7) is 0. The first-order valence-corrected chi connectivity index (χ1v) is 44.7. The molecule has 130 heavy (non-hydrogen) atoms. The largest absolute Gasteiger partial charge is 0.310 e. The van der Waals surface area contributed by atoms with Crippen molar-refractivity contribution in [2.45, 2.75) is 0 Å². The summed E-state index contributed by atoms with van der Waals surface area (Å²) in [5.41, 5.74) is 36.3. The van der Waals surface area contributed by atoms with Crippen molar-refractivity contribution < 1.29 is 0 Å². The maximum absolute atomic E-state index is 2.46. The van der Waals surface area contributed by atoms with Gasteiger partial charge in [-0.05, 0) is 272 Å². The zero-order valence-corrected chi connectivity index (χ0v) is 71.3. The van der Waals surface area contributed by atoms with Crippen LogP contribution in [0.25, 0.3) is 199 Å². The number of benzene rings is 22. The molecule has 0 aliphatic carbocycles. The molecule has 0 saturated carbocycles. The lowest BCUT2D eigenvalue weighted by Gasteiger charge is -2.28. The first kappa shape index (κ1) is 76.5. The van der Waals surface area contributed by atoms with Gasteiger partial charge in [-0.1, -0.05) is 370 Å². The molecule has 0 N–H and O–H groups in total. The number of rotatable bonds is 18. The van der Waals surface area contributed by atoms with E-state index in [1.54, 1.807) is 0 Å². The molecule has 0 atom stereocenters. The van der Waals surface area contributed by atoms with Gasteiger partial charge in [-0.15, -0.1) is 0 Å². The van der Waals surface area contributed by atoms with Gasteiger partial charge in [0.1, 0.15) is 0 Å². The van der Waals surface area contributed by atoms with Crippen molar-refractivity contribution in [3.05, 3.63) is 510 Å². The first-order valence-electron chi connectivity index (χ1n) is 44.7. The van der Waals surface area contributed by atoms with E-state index >= 15 is 0 Å². The molecule has 0 aliphatic rings. The summed E-state index contributed by atoms with van der Waals surface area (Å²) < 4.78 is 4.92. The Morgan fingerprint density at radius 1 is 0.138 bits per heavy atom. The molecule has 2 heterocycles. The Morgan fingerprint density at radius 3 is 0.785 bits per heavy atom. The minimum atomic E-state index is 1.05. The lowest BCUT2D eigenvalue weighted by Crippen LogP contribution is -2.10. The number of nitrogens with zero attached hydrogens (tertiary/aromatic N) is 4. The minimum absolute atomic E-state index is 1.05. The van der Waals surface area contributed by atoms with Gasteiger partial charge in [0, 0.05) is 77.8 Å². The van der Waals surface area contributed by atoms with Gasteiger partial charge in [0.25, 0.3) is 0 Å². The van der Waals surface area contributed by atoms with E-state index in [9.17, 15) is 0 Å². The highest BCUT2D eigenvalue weighted by atomic mass is 15.1. The van der Waals surface area contributed by atoms with Crippen molar-refractivity contribution in [2.75, 3.05) is 9.80 Å². The molecule has 24 rings (SSSR count). The maximum Gasteiger partial charge on any atom is 0.0625 e. The van der Waals surface area contributed by atoms with Crippen molar-refractivity contribution in [3.8, 4) is 123 Å². The molecule has 24 aromatic rings. The molecule has 0 saturated heterocycles. The molecule has 4 heteroatoms.